The van der Waals surface area contributed by atoms with Crippen molar-refractivity contribution in [3.63, 3.8) is 0 Å². The zero-order chi connectivity index (χ0) is 16.8. The third kappa shape index (κ3) is 3.68. The van der Waals surface area contributed by atoms with Crippen molar-refractivity contribution in [2.45, 2.75) is 26.2 Å². The van der Waals surface area contributed by atoms with Crippen molar-refractivity contribution >= 4 is 5.91 Å². The van der Waals surface area contributed by atoms with Crippen LogP contribution >= 0.6 is 0 Å². The number of carbonyl (C=O) groups is 1. The summed E-state index contributed by atoms with van der Waals surface area (Å²) in [7, 11) is 0. The minimum Gasteiger partial charge on any atom is -0.356 e. The number of piperidine rings is 1. The number of hydrogen-bond donors (Lipinski definition) is 2. The van der Waals surface area contributed by atoms with E-state index in [9.17, 15) is 4.79 Å². The highest BCUT2D eigenvalue weighted by molar-refractivity contribution is 5.83. The van der Waals surface area contributed by atoms with Gasteiger partial charge in [0, 0.05) is 13.1 Å². The molecule has 1 amide bonds. The summed E-state index contributed by atoms with van der Waals surface area (Å²) < 4.78 is 0. The lowest BCUT2D eigenvalue weighted by molar-refractivity contribution is -0.132. The monoisotopic (exact) mass is 322 g/mol. The summed E-state index contributed by atoms with van der Waals surface area (Å²) in [6.07, 6.45) is 2.80. The number of hydrogen-bond acceptors (Lipinski definition) is 2. The van der Waals surface area contributed by atoms with Crippen molar-refractivity contribution in [3.05, 3.63) is 60.2 Å². The summed E-state index contributed by atoms with van der Waals surface area (Å²) in [5.41, 5.74) is 3.35. The second-order valence-electron chi connectivity index (χ2n) is 6.66. The summed E-state index contributed by atoms with van der Waals surface area (Å²) in [5, 5.41) is 6.45. The van der Waals surface area contributed by atoms with Gasteiger partial charge in [-0.2, -0.15) is 0 Å². The fourth-order valence-corrected chi connectivity index (χ4v) is 3.58. The molecule has 24 heavy (non-hydrogen) atoms. The zero-order valence-corrected chi connectivity index (χ0v) is 14.3. The fraction of sp³-hybridized carbons (Fsp3) is 0.381. The van der Waals surface area contributed by atoms with Gasteiger partial charge in [-0.25, -0.2) is 0 Å². The number of nitrogens with one attached hydrogen (secondary N) is 2. The second-order valence-corrected chi connectivity index (χ2v) is 6.66. The molecule has 2 aromatic rings. The summed E-state index contributed by atoms with van der Waals surface area (Å²) in [6.45, 7) is 4.44. The molecule has 1 fully saturated rings. The van der Waals surface area contributed by atoms with Crippen molar-refractivity contribution in [2.75, 3.05) is 19.6 Å². The van der Waals surface area contributed by atoms with Crippen LogP contribution in [0.3, 0.4) is 0 Å². The first kappa shape index (κ1) is 16.7. The molecule has 3 rings (SSSR count). The van der Waals surface area contributed by atoms with E-state index in [1.54, 1.807) is 0 Å². The second kappa shape index (κ2) is 7.63. The average molecular weight is 322 g/mol. The van der Waals surface area contributed by atoms with Crippen LogP contribution in [0.25, 0.3) is 11.1 Å². The van der Waals surface area contributed by atoms with Crippen molar-refractivity contribution in [1.29, 1.82) is 0 Å². The summed E-state index contributed by atoms with van der Waals surface area (Å²) in [4.78, 5) is 12.7. The highest BCUT2D eigenvalue weighted by Gasteiger charge is 2.39. The molecule has 3 heteroatoms. The van der Waals surface area contributed by atoms with Crippen LogP contribution in [0.2, 0.25) is 0 Å². The number of benzene rings is 2. The summed E-state index contributed by atoms with van der Waals surface area (Å²) >= 11 is 0. The lowest BCUT2D eigenvalue weighted by Crippen LogP contribution is -2.51. The molecule has 0 spiro atoms. The molecule has 2 N–H and O–H groups in total. The van der Waals surface area contributed by atoms with Crippen LogP contribution in [0.1, 0.15) is 25.3 Å². The van der Waals surface area contributed by atoms with E-state index < -0.39 is 0 Å². The Morgan fingerprint density at radius 1 is 1.08 bits per heavy atom. The van der Waals surface area contributed by atoms with Crippen LogP contribution in [0.5, 0.6) is 0 Å². The van der Waals surface area contributed by atoms with Crippen molar-refractivity contribution in [3.8, 4) is 11.1 Å². The Morgan fingerprint density at radius 2 is 1.79 bits per heavy atom. The van der Waals surface area contributed by atoms with Crippen molar-refractivity contribution in [1.82, 2.24) is 10.6 Å². The Hall–Kier alpha value is -2.13. The molecule has 1 heterocycles. The quantitative estimate of drug-likeness (QED) is 0.886. The first-order chi connectivity index (χ1) is 11.7. The van der Waals surface area contributed by atoms with Gasteiger partial charge in [-0.15, -0.1) is 0 Å². The molecule has 1 saturated heterocycles. The van der Waals surface area contributed by atoms with E-state index >= 15 is 0 Å². The Bertz CT molecular complexity index is 658. The van der Waals surface area contributed by atoms with Gasteiger partial charge in [0.05, 0.1) is 5.41 Å². The fourth-order valence-electron chi connectivity index (χ4n) is 3.58. The maximum atomic E-state index is 12.7. The molecule has 2 aromatic carbocycles. The van der Waals surface area contributed by atoms with Crippen molar-refractivity contribution < 1.29 is 4.79 Å². The molecular formula is C21H26N2O. The Labute approximate surface area is 144 Å². The lowest BCUT2D eigenvalue weighted by atomic mass is 9.74. The van der Waals surface area contributed by atoms with Crippen LogP contribution in [-0.2, 0) is 11.2 Å². The van der Waals surface area contributed by atoms with Crippen LogP contribution < -0.4 is 10.6 Å². The SMILES string of the molecule is CCNC(=O)C1(Cc2ccc(-c3ccccc3)cc2)CCCNC1. The normalized spacial score (nSPS) is 20.5. The Morgan fingerprint density at radius 3 is 2.42 bits per heavy atom. The van der Waals surface area contributed by atoms with Gasteiger partial charge < -0.3 is 10.6 Å². The van der Waals surface area contributed by atoms with Gasteiger partial charge in [0.2, 0.25) is 5.91 Å². The van der Waals surface area contributed by atoms with Gasteiger partial charge in [-0.1, -0.05) is 54.6 Å². The highest BCUT2D eigenvalue weighted by atomic mass is 16.2. The predicted octanol–water partition coefficient (Wildman–Crippen LogP) is 3.40. The summed E-state index contributed by atoms with van der Waals surface area (Å²) in [5.74, 6) is 0.185. The molecule has 1 aliphatic rings. The molecule has 1 aliphatic heterocycles. The van der Waals surface area contributed by atoms with Gasteiger partial charge in [0.1, 0.15) is 0 Å². The average Bonchev–Trinajstić information content (AvgIpc) is 2.64. The number of carbonyl (C=O) groups excluding carboxylic acids is 1. The van der Waals surface area contributed by atoms with Gasteiger partial charge >= 0.3 is 0 Å². The van der Waals surface area contributed by atoms with Crippen LogP contribution in [0.15, 0.2) is 54.6 Å². The first-order valence-electron chi connectivity index (χ1n) is 8.87. The molecule has 0 aliphatic carbocycles. The van der Waals surface area contributed by atoms with E-state index in [0.29, 0.717) is 6.54 Å². The van der Waals surface area contributed by atoms with Gasteiger partial charge in [0.25, 0.3) is 0 Å². The van der Waals surface area contributed by atoms with Gasteiger partial charge in [0.15, 0.2) is 0 Å². The van der Waals surface area contributed by atoms with Gasteiger partial charge in [-0.3, -0.25) is 4.79 Å². The highest BCUT2D eigenvalue weighted by Crippen LogP contribution is 2.32. The molecule has 0 aromatic heterocycles. The number of amides is 1. The predicted molar refractivity (Wildman–Crippen MR) is 98.8 cm³/mol. The molecular weight excluding hydrogens is 296 g/mol. The molecule has 0 radical (unpaired) electrons. The number of rotatable bonds is 5. The van der Waals surface area contributed by atoms with E-state index in [1.807, 2.05) is 13.0 Å². The third-order valence-corrected chi connectivity index (χ3v) is 4.89. The summed E-state index contributed by atoms with van der Waals surface area (Å²) in [6, 6.07) is 19.0. The van der Waals surface area contributed by atoms with E-state index in [0.717, 1.165) is 32.4 Å². The maximum Gasteiger partial charge on any atom is 0.227 e. The lowest BCUT2D eigenvalue weighted by Gasteiger charge is -2.36. The smallest absolute Gasteiger partial charge is 0.227 e. The maximum absolute atomic E-state index is 12.7. The van der Waals surface area contributed by atoms with E-state index in [2.05, 4.69) is 59.2 Å². The third-order valence-electron chi connectivity index (χ3n) is 4.89. The standard InChI is InChI=1S/C21H26N2O/c1-2-23-20(24)21(13-6-14-22-16-21)15-17-9-11-19(12-10-17)18-7-4-3-5-8-18/h3-5,7-12,22H,2,6,13-16H2,1H3,(H,23,24). The van der Waals surface area contributed by atoms with E-state index in [1.165, 1.54) is 16.7 Å². The molecule has 3 nitrogen and oxygen atoms in total. The van der Waals surface area contributed by atoms with Crippen LogP contribution in [0, 0.1) is 5.41 Å². The molecule has 1 unspecified atom stereocenters. The Kier molecular flexibility index (Phi) is 5.31. The van der Waals surface area contributed by atoms with E-state index in [-0.39, 0.29) is 11.3 Å². The van der Waals surface area contributed by atoms with Crippen LogP contribution in [0.4, 0.5) is 0 Å². The largest absolute Gasteiger partial charge is 0.356 e. The molecule has 126 valence electrons. The van der Waals surface area contributed by atoms with E-state index in [4.69, 9.17) is 0 Å². The molecule has 1 atom stereocenters. The van der Waals surface area contributed by atoms with Crippen molar-refractivity contribution in [2.24, 2.45) is 5.41 Å². The topological polar surface area (TPSA) is 41.1 Å². The minimum absolute atomic E-state index is 0.185. The van der Waals surface area contributed by atoms with Gasteiger partial charge in [-0.05, 0) is 49.4 Å². The van der Waals surface area contributed by atoms with Crippen LogP contribution in [-0.4, -0.2) is 25.5 Å². The first-order valence-corrected chi connectivity index (χ1v) is 8.87. The molecule has 0 saturated carbocycles. The Balaban J connectivity index is 1.79. The molecule has 0 bridgehead atoms. The minimum atomic E-state index is -0.317. The zero-order valence-electron chi connectivity index (χ0n) is 14.3.